The number of rotatable bonds is 6. The van der Waals surface area contributed by atoms with Gasteiger partial charge in [0.25, 0.3) is 0 Å². The summed E-state index contributed by atoms with van der Waals surface area (Å²) in [6, 6.07) is 7.35. The van der Waals surface area contributed by atoms with E-state index in [0.29, 0.717) is 12.0 Å². The highest BCUT2D eigenvalue weighted by Crippen LogP contribution is 2.19. The molecule has 0 atom stereocenters. The molecule has 0 saturated carbocycles. The molecule has 0 bridgehead atoms. The number of unbranched alkanes of at least 4 members (excludes halogenated alkanes) is 2. The van der Waals surface area contributed by atoms with E-state index in [9.17, 15) is 9.59 Å². The van der Waals surface area contributed by atoms with E-state index in [-0.39, 0.29) is 5.97 Å². The summed E-state index contributed by atoms with van der Waals surface area (Å²) in [6.07, 6.45) is 5.63. The second-order valence-corrected chi connectivity index (χ2v) is 4.47. The average molecular weight is 259 g/mol. The Balaban J connectivity index is 2.16. The summed E-state index contributed by atoms with van der Waals surface area (Å²) < 4.78 is 1.38. The summed E-state index contributed by atoms with van der Waals surface area (Å²) in [4.78, 5) is 27.9. The maximum Gasteiger partial charge on any atom is 0.332 e. The van der Waals surface area contributed by atoms with Gasteiger partial charge in [0.1, 0.15) is 0 Å². The van der Waals surface area contributed by atoms with Crippen LogP contribution in [0.15, 0.2) is 30.5 Å². The van der Waals surface area contributed by atoms with Gasteiger partial charge < -0.3 is 4.84 Å². The maximum atomic E-state index is 11.7. The third-order valence-corrected chi connectivity index (χ3v) is 3.02. The minimum atomic E-state index is -0.272. The lowest BCUT2D eigenvalue weighted by molar-refractivity contribution is -0.143. The summed E-state index contributed by atoms with van der Waals surface area (Å²) in [5.41, 5.74) is 1.25. The zero-order chi connectivity index (χ0) is 13.7. The molecule has 0 N–H and O–H groups in total. The quantitative estimate of drug-likeness (QED) is 0.592. The smallest absolute Gasteiger partial charge is 0.332 e. The number of aromatic nitrogens is 1. The van der Waals surface area contributed by atoms with Crippen LogP contribution in [-0.4, -0.2) is 17.0 Å². The minimum absolute atomic E-state index is 0.272. The molecule has 100 valence electrons. The molecule has 0 aliphatic rings. The second kappa shape index (κ2) is 6.18. The van der Waals surface area contributed by atoms with Gasteiger partial charge in [-0.3, -0.25) is 4.79 Å². The van der Waals surface area contributed by atoms with Gasteiger partial charge in [0.2, 0.25) is 0 Å². The number of aldehydes is 1. The SMILES string of the molecule is CCCCCC(=O)On1cc(C=O)c2ccccc21. The van der Waals surface area contributed by atoms with Gasteiger partial charge in [-0.1, -0.05) is 38.0 Å². The Bertz CT molecular complexity index is 586. The topological polar surface area (TPSA) is 48.3 Å². The molecule has 4 nitrogen and oxygen atoms in total. The van der Waals surface area contributed by atoms with Gasteiger partial charge in [-0.25, -0.2) is 4.79 Å². The zero-order valence-corrected chi connectivity index (χ0v) is 11.0. The maximum absolute atomic E-state index is 11.7. The molecule has 1 aromatic carbocycles. The van der Waals surface area contributed by atoms with Crippen LogP contribution in [0.3, 0.4) is 0 Å². The second-order valence-electron chi connectivity index (χ2n) is 4.47. The summed E-state index contributed by atoms with van der Waals surface area (Å²) in [7, 11) is 0. The van der Waals surface area contributed by atoms with Crippen molar-refractivity contribution < 1.29 is 14.4 Å². The van der Waals surface area contributed by atoms with E-state index < -0.39 is 0 Å². The van der Waals surface area contributed by atoms with E-state index in [1.807, 2.05) is 24.3 Å². The fourth-order valence-corrected chi connectivity index (χ4v) is 2.02. The largest absolute Gasteiger partial charge is 0.337 e. The Labute approximate surface area is 111 Å². The van der Waals surface area contributed by atoms with Crippen LogP contribution in [0.4, 0.5) is 0 Å². The van der Waals surface area contributed by atoms with Crippen LogP contribution in [0.2, 0.25) is 0 Å². The number of carbonyl (C=O) groups is 2. The number of hydrogen-bond donors (Lipinski definition) is 0. The van der Waals surface area contributed by atoms with Gasteiger partial charge in [0, 0.05) is 17.4 Å². The number of carbonyl (C=O) groups excluding carboxylic acids is 2. The molecule has 0 saturated heterocycles. The van der Waals surface area contributed by atoms with Crippen LogP contribution in [0, 0.1) is 0 Å². The normalized spacial score (nSPS) is 10.6. The first-order chi connectivity index (χ1) is 9.26. The van der Waals surface area contributed by atoms with E-state index >= 15 is 0 Å². The van der Waals surface area contributed by atoms with Crippen molar-refractivity contribution in [3.63, 3.8) is 0 Å². The minimum Gasteiger partial charge on any atom is -0.337 e. The van der Waals surface area contributed by atoms with E-state index in [1.165, 1.54) is 4.73 Å². The number of nitrogens with zero attached hydrogens (tertiary/aromatic N) is 1. The van der Waals surface area contributed by atoms with Crippen LogP contribution in [0.5, 0.6) is 0 Å². The van der Waals surface area contributed by atoms with E-state index in [4.69, 9.17) is 4.84 Å². The van der Waals surface area contributed by atoms with Crippen molar-refractivity contribution >= 4 is 23.2 Å². The fourth-order valence-electron chi connectivity index (χ4n) is 2.02. The Morgan fingerprint density at radius 3 is 2.84 bits per heavy atom. The van der Waals surface area contributed by atoms with E-state index in [1.54, 1.807) is 6.20 Å². The first-order valence-electron chi connectivity index (χ1n) is 6.52. The summed E-state index contributed by atoms with van der Waals surface area (Å²) >= 11 is 0. The van der Waals surface area contributed by atoms with Gasteiger partial charge in [0.15, 0.2) is 6.29 Å². The molecule has 0 spiro atoms. The molecule has 2 rings (SSSR count). The summed E-state index contributed by atoms with van der Waals surface area (Å²) in [5, 5.41) is 0.791. The molecular formula is C15H17NO3. The third kappa shape index (κ3) is 3.02. The zero-order valence-electron chi connectivity index (χ0n) is 11.0. The average Bonchev–Trinajstić information content (AvgIpc) is 2.77. The molecular weight excluding hydrogens is 242 g/mol. The number of hydrogen-bond acceptors (Lipinski definition) is 3. The van der Waals surface area contributed by atoms with Gasteiger partial charge in [0.05, 0.1) is 11.7 Å². The van der Waals surface area contributed by atoms with Crippen LogP contribution in [0.25, 0.3) is 10.9 Å². The monoisotopic (exact) mass is 259 g/mol. The van der Waals surface area contributed by atoms with Gasteiger partial charge >= 0.3 is 5.97 Å². The Kier molecular flexibility index (Phi) is 4.34. The summed E-state index contributed by atoms with van der Waals surface area (Å²) in [6.45, 7) is 2.08. The van der Waals surface area contributed by atoms with Gasteiger partial charge in [-0.15, -0.1) is 0 Å². The van der Waals surface area contributed by atoms with Crippen LogP contribution < -0.4 is 4.84 Å². The van der Waals surface area contributed by atoms with Gasteiger partial charge in [-0.05, 0) is 12.5 Å². The first kappa shape index (κ1) is 13.3. The van der Waals surface area contributed by atoms with Crippen LogP contribution >= 0.6 is 0 Å². The number of benzene rings is 1. The lowest BCUT2D eigenvalue weighted by atomic mass is 10.2. The standard InChI is InChI=1S/C15H17NO3/c1-2-3-4-9-15(18)19-16-10-12(11-17)13-7-5-6-8-14(13)16/h5-8,10-11H,2-4,9H2,1H3. The molecule has 1 heterocycles. The predicted molar refractivity (Wildman–Crippen MR) is 73.1 cm³/mol. The Morgan fingerprint density at radius 1 is 1.32 bits per heavy atom. The van der Waals surface area contributed by atoms with Crippen LogP contribution in [0.1, 0.15) is 43.0 Å². The molecule has 0 aliphatic heterocycles. The molecule has 4 heteroatoms. The molecule has 1 aromatic heterocycles. The first-order valence-corrected chi connectivity index (χ1v) is 6.52. The van der Waals surface area contributed by atoms with Crippen molar-refractivity contribution in [1.29, 1.82) is 0 Å². The molecule has 0 radical (unpaired) electrons. The van der Waals surface area contributed by atoms with E-state index in [2.05, 4.69) is 6.92 Å². The molecule has 0 aliphatic carbocycles. The van der Waals surface area contributed by atoms with E-state index in [0.717, 1.165) is 36.5 Å². The molecule has 0 fully saturated rings. The van der Waals surface area contributed by atoms with Crippen molar-refractivity contribution in [2.75, 3.05) is 0 Å². The Morgan fingerprint density at radius 2 is 2.11 bits per heavy atom. The molecule has 0 unspecified atom stereocenters. The van der Waals surface area contributed by atoms with Gasteiger partial charge in [-0.2, -0.15) is 4.73 Å². The van der Waals surface area contributed by atoms with Crippen molar-refractivity contribution in [2.45, 2.75) is 32.6 Å². The van der Waals surface area contributed by atoms with Crippen molar-refractivity contribution in [2.24, 2.45) is 0 Å². The molecule has 19 heavy (non-hydrogen) atoms. The van der Waals surface area contributed by atoms with Crippen LogP contribution in [-0.2, 0) is 4.79 Å². The number of para-hydroxylation sites is 1. The fraction of sp³-hybridized carbons (Fsp3) is 0.333. The Hall–Kier alpha value is -2.10. The van der Waals surface area contributed by atoms with Crippen molar-refractivity contribution in [3.05, 3.63) is 36.0 Å². The highest BCUT2D eigenvalue weighted by Gasteiger charge is 2.11. The van der Waals surface area contributed by atoms with Crippen molar-refractivity contribution in [1.82, 2.24) is 4.73 Å². The highest BCUT2D eigenvalue weighted by atomic mass is 16.7. The lowest BCUT2D eigenvalue weighted by Gasteiger charge is -2.05. The summed E-state index contributed by atoms with van der Waals surface area (Å²) in [5.74, 6) is -0.272. The third-order valence-electron chi connectivity index (χ3n) is 3.02. The van der Waals surface area contributed by atoms with Crippen molar-refractivity contribution in [3.8, 4) is 0 Å². The highest BCUT2D eigenvalue weighted by molar-refractivity contribution is 5.97. The lowest BCUT2D eigenvalue weighted by Crippen LogP contribution is -2.18. The number of fused-ring (bicyclic) bond motifs is 1. The predicted octanol–water partition coefficient (Wildman–Crippen LogP) is 2.99. The molecule has 0 amide bonds. The molecule has 2 aromatic rings.